The Bertz CT molecular complexity index is 136. The molecule has 0 fully saturated rings. The monoisotopic (exact) mass is 170 g/mol. The first-order valence-electron chi connectivity index (χ1n) is 4.39. The maximum absolute atomic E-state index is 8.57. The summed E-state index contributed by atoms with van der Waals surface area (Å²) in [5.74, 6) is 0. The van der Waals surface area contributed by atoms with Gasteiger partial charge in [0.25, 0.3) is 0 Å². The van der Waals surface area contributed by atoms with E-state index in [1.807, 2.05) is 6.92 Å². The fraction of sp³-hybridized carbons (Fsp3) is 0.889. The summed E-state index contributed by atoms with van der Waals surface area (Å²) in [7, 11) is 1.68. The molecule has 0 aliphatic heterocycles. The van der Waals surface area contributed by atoms with Crippen LogP contribution in [0.15, 0.2) is 0 Å². The molecule has 0 amide bonds. The maximum atomic E-state index is 8.57. The summed E-state index contributed by atoms with van der Waals surface area (Å²) in [6.45, 7) is 4.67. The molecule has 0 heterocycles. The molecule has 0 aromatic heterocycles. The van der Waals surface area contributed by atoms with Gasteiger partial charge in [-0.3, -0.25) is 5.32 Å². The van der Waals surface area contributed by atoms with Crippen molar-refractivity contribution in [2.45, 2.75) is 38.8 Å². The third-order valence-corrected chi connectivity index (χ3v) is 1.68. The third-order valence-electron chi connectivity index (χ3n) is 1.68. The van der Waals surface area contributed by atoms with Gasteiger partial charge in [0.15, 0.2) is 0 Å². The van der Waals surface area contributed by atoms with E-state index in [0.717, 1.165) is 12.8 Å². The van der Waals surface area contributed by atoms with E-state index in [1.54, 1.807) is 7.11 Å². The minimum absolute atomic E-state index is 0.0864. The van der Waals surface area contributed by atoms with Crippen LogP contribution in [0.25, 0.3) is 0 Å². The molecule has 0 bridgehead atoms. The largest absolute Gasteiger partial charge is 0.383 e. The Kier molecular flexibility index (Phi) is 6.73. The molecule has 1 N–H and O–H groups in total. The van der Waals surface area contributed by atoms with Gasteiger partial charge < -0.3 is 4.74 Å². The van der Waals surface area contributed by atoms with E-state index in [-0.39, 0.29) is 6.04 Å². The predicted molar refractivity (Wildman–Crippen MR) is 48.8 cm³/mol. The van der Waals surface area contributed by atoms with Crippen LogP contribution in [0.2, 0.25) is 0 Å². The molecule has 0 radical (unpaired) electrons. The second kappa shape index (κ2) is 7.08. The van der Waals surface area contributed by atoms with Crippen LogP contribution in [-0.4, -0.2) is 25.8 Å². The van der Waals surface area contributed by atoms with Gasteiger partial charge in [-0.25, -0.2) is 0 Å². The molecule has 0 rings (SSSR count). The topological polar surface area (TPSA) is 45.0 Å². The lowest BCUT2D eigenvalue weighted by atomic mass is 10.1. The standard InChI is InChI=1S/C9H18N2O/c1-4-5-9(7-12-3)11-8(2)6-10/h8-9,11H,4-5,7H2,1-3H3. The summed E-state index contributed by atoms with van der Waals surface area (Å²) in [4.78, 5) is 0. The van der Waals surface area contributed by atoms with Crippen molar-refractivity contribution in [1.82, 2.24) is 5.32 Å². The molecular weight excluding hydrogens is 152 g/mol. The number of rotatable bonds is 6. The smallest absolute Gasteiger partial charge is 0.0927 e. The average molecular weight is 170 g/mol. The van der Waals surface area contributed by atoms with Gasteiger partial charge in [0, 0.05) is 13.2 Å². The molecule has 12 heavy (non-hydrogen) atoms. The molecule has 0 spiro atoms. The third kappa shape index (κ3) is 5.11. The minimum atomic E-state index is -0.0864. The van der Waals surface area contributed by atoms with Crippen LogP contribution < -0.4 is 5.32 Å². The first kappa shape index (κ1) is 11.4. The van der Waals surface area contributed by atoms with Crippen molar-refractivity contribution in [2.24, 2.45) is 0 Å². The molecule has 70 valence electrons. The Morgan fingerprint density at radius 1 is 1.58 bits per heavy atom. The number of hydrogen-bond donors (Lipinski definition) is 1. The Morgan fingerprint density at radius 3 is 2.67 bits per heavy atom. The normalized spacial score (nSPS) is 15.2. The van der Waals surface area contributed by atoms with Gasteiger partial charge >= 0.3 is 0 Å². The molecule has 0 aliphatic rings. The van der Waals surface area contributed by atoms with E-state index in [9.17, 15) is 0 Å². The highest BCUT2D eigenvalue weighted by Crippen LogP contribution is 1.98. The average Bonchev–Trinajstić information content (AvgIpc) is 2.05. The van der Waals surface area contributed by atoms with Gasteiger partial charge in [0.1, 0.15) is 0 Å². The summed E-state index contributed by atoms with van der Waals surface area (Å²) < 4.78 is 5.03. The van der Waals surface area contributed by atoms with Crippen molar-refractivity contribution in [3.05, 3.63) is 0 Å². The zero-order valence-electron chi connectivity index (χ0n) is 8.13. The molecule has 3 heteroatoms. The lowest BCUT2D eigenvalue weighted by Crippen LogP contribution is -2.38. The van der Waals surface area contributed by atoms with E-state index in [0.29, 0.717) is 12.6 Å². The Hall–Kier alpha value is -0.590. The maximum Gasteiger partial charge on any atom is 0.0927 e. The molecule has 3 nitrogen and oxygen atoms in total. The summed E-state index contributed by atoms with van der Waals surface area (Å²) in [6, 6.07) is 2.37. The van der Waals surface area contributed by atoms with Crippen molar-refractivity contribution in [1.29, 1.82) is 5.26 Å². The number of methoxy groups -OCH3 is 1. The zero-order valence-corrected chi connectivity index (χ0v) is 8.13. The van der Waals surface area contributed by atoms with Gasteiger partial charge in [-0.15, -0.1) is 0 Å². The molecule has 0 aromatic carbocycles. The number of nitriles is 1. The molecule has 0 saturated heterocycles. The molecule has 2 atom stereocenters. The highest BCUT2D eigenvalue weighted by molar-refractivity contribution is 4.87. The summed E-state index contributed by atoms with van der Waals surface area (Å²) in [6.07, 6.45) is 2.17. The van der Waals surface area contributed by atoms with Crippen molar-refractivity contribution in [3.63, 3.8) is 0 Å². The van der Waals surface area contributed by atoms with Crippen molar-refractivity contribution < 1.29 is 4.74 Å². The van der Waals surface area contributed by atoms with Crippen LogP contribution in [0.1, 0.15) is 26.7 Å². The molecule has 0 aliphatic carbocycles. The summed E-state index contributed by atoms with van der Waals surface area (Å²) in [5, 5.41) is 11.7. The SMILES string of the molecule is CCCC(COC)NC(C)C#N. The van der Waals surface area contributed by atoms with Gasteiger partial charge in [-0.2, -0.15) is 5.26 Å². The summed E-state index contributed by atoms with van der Waals surface area (Å²) >= 11 is 0. The molecule has 0 aromatic rings. The number of hydrogen-bond acceptors (Lipinski definition) is 3. The quantitative estimate of drug-likeness (QED) is 0.653. The van der Waals surface area contributed by atoms with Gasteiger partial charge in [-0.05, 0) is 13.3 Å². The fourth-order valence-electron chi connectivity index (χ4n) is 1.16. The number of ether oxygens (including phenoxy) is 1. The predicted octanol–water partition coefficient (Wildman–Crippen LogP) is 1.30. The highest BCUT2D eigenvalue weighted by atomic mass is 16.5. The summed E-state index contributed by atoms with van der Waals surface area (Å²) in [5.41, 5.74) is 0. The molecule has 0 saturated carbocycles. The molecular formula is C9H18N2O. The van der Waals surface area contributed by atoms with E-state index >= 15 is 0 Å². The van der Waals surface area contributed by atoms with Crippen molar-refractivity contribution in [3.8, 4) is 6.07 Å². The Labute approximate surface area is 74.7 Å². The van der Waals surface area contributed by atoms with Gasteiger partial charge in [0.05, 0.1) is 18.7 Å². The Balaban J connectivity index is 3.70. The van der Waals surface area contributed by atoms with Crippen molar-refractivity contribution >= 4 is 0 Å². The van der Waals surface area contributed by atoms with Crippen molar-refractivity contribution in [2.75, 3.05) is 13.7 Å². The van der Waals surface area contributed by atoms with Crippen LogP contribution in [0.4, 0.5) is 0 Å². The first-order valence-corrected chi connectivity index (χ1v) is 4.39. The van der Waals surface area contributed by atoms with Crippen LogP contribution in [0.5, 0.6) is 0 Å². The van der Waals surface area contributed by atoms with Crippen LogP contribution in [0, 0.1) is 11.3 Å². The Morgan fingerprint density at radius 2 is 2.25 bits per heavy atom. The van der Waals surface area contributed by atoms with Crippen LogP contribution in [0.3, 0.4) is 0 Å². The number of nitrogens with one attached hydrogen (secondary N) is 1. The fourth-order valence-corrected chi connectivity index (χ4v) is 1.16. The minimum Gasteiger partial charge on any atom is -0.383 e. The van der Waals surface area contributed by atoms with Gasteiger partial charge in [0.2, 0.25) is 0 Å². The zero-order chi connectivity index (χ0) is 9.40. The molecule has 2 unspecified atom stereocenters. The van der Waals surface area contributed by atoms with Gasteiger partial charge in [-0.1, -0.05) is 13.3 Å². The second-order valence-electron chi connectivity index (χ2n) is 2.96. The van der Waals surface area contributed by atoms with Crippen LogP contribution in [-0.2, 0) is 4.74 Å². The van der Waals surface area contributed by atoms with E-state index in [2.05, 4.69) is 18.3 Å². The lowest BCUT2D eigenvalue weighted by Gasteiger charge is -2.18. The number of nitrogens with zero attached hydrogens (tertiary/aromatic N) is 1. The highest BCUT2D eigenvalue weighted by Gasteiger charge is 2.09. The second-order valence-corrected chi connectivity index (χ2v) is 2.96. The van der Waals surface area contributed by atoms with E-state index in [1.165, 1.54) is 0 Å². The van der Waals surface area contributed by atoms with Crippen LogP contribution >= 0.6 is 0 Å². The van der Waals surface area contributed by atoms with E-state index < -0.39 is 0 Å². The first-order chi connectivity index (χ1) is 5.74. The lowest BCUT2D eigenvalue weighted by molar-refractivity contribution is 0.160. The van der Waals surface area contributed by atoms with E-state index in [4.69, 9.17) is 10.00 Å².